The molecule has 2 heterocycles. The van der Waals surface area contributed by atoms with Crippen LogP contribution in [0, 0.1) is 0 Å². The lowest BCUT2D eigenvalue weighted by molar-refractivity contribution is 0.669. The van der Waals surface area contributed by atoms with Crippen molar-refractivity contribution in [2.75, 3.05) is 4.90 Å². The largest absolute Gasteiger partial charge is 0.456 e. The molecule has 0 saturated heterocycles. The third-order valence-corrected chi connectivity index (χ3v) is 10.7. The summed E-state index contributed by atoms with van der Waals surface area (Å²) >= 11 is 1.88. The first kappa shape index (κ1) is 26.3. The molecular formula is C44H27NOS. The van der Waals surface area contributed by atoms with E-state index >= 15 is 0 Å². The SMILES string of the molecule is c1ccc2c(-c3ccc(N(c4ccc5c(c4)sc4c6ccccc6ccc54)c4cccc5oc6ccccc6c45)cc3)cccc2c1. The summed E-state index contributed by atoms with van der Waals surface area (Å²) in [6.07, 6.45) is 0. The summed E-state index contributed by atoms with van der Waals surface area (Å²) in [7, 11) is 0. The predicted molar refractivity (Wildman–Crippen MR) is 202 cm³/mol. The van der Waals surface area contributed by atoms with E-state index in [0.717, 1.165) is 39.0 Å². The minimum Gasteiger partial charge on any atom is -0.456 e. The second-order valence-electron chi connectivity index (χ2n) is 12.1. The van der Waals surface area contributed by atoms with Gasteiger partial charge < -0.3 is 9.32 Å². The zero-order valence-corrected chi connectivity index (χ0v) is 26.2. The van der Waals surface area contributed by atoms with Crippen molar-refractivity contribution in [2.45, 2.75) is 0 Å². The highest BCUT2D eigenvalue weighted by atomic mass is 32.1. The van der Waals surface area contributed by atoms with Crippen LogP contribution in [-0.4, -0.2) is 0 Å². The lowest BCUT2D eigenvalue weighted by Gasteiger charge is -2.26. The molecule has 2 aromatic heterocycles. The summed E-state index contributed by atoms with van der Waals surface area (Å²) in [5.74, 6) is 0. The number of benzene rings is 8. The summed E-state index contributed by atoms with van der Waals surface area (Å²) in [4.78, 5) is 2.39. The molecule has 0 aliphatic carbocycles. The van der Waals surface area contributed by atoms with Crippen molar-refractivity contribution in [3.63, 3.8) is 0 Å². The fourth-order valence-corrected chi connectivity index (χ4v) is 8.54. The van der Waals surface area contributed by atoms with Crippen LogP contribution in [-0.2, 0) is 0 Å². The second-order valence-corrected chi connectivity index (χ2v) is 13.2. The number of thiophene rings is 1. The minimum absolute atomic E-state index is 0.885. The quantitative estimate of drug-likeness (QED) is 0.195. The zero-order chi connectivity index (χ0) is 30.9. The molecule has 0 spiro atoms. The maximum atomic E-state index is 6.36. The van der Waals surface area contributed by atoms with Gasteiger partial charge in [-0.1, -0.05) is 121 Å². The topological polar surface area (TPSA) is 16.4 Å². The highest BCUT2D eigenvalue weighted by molar-refractivity contribution is 7.26. The van der Waals surface area contributed by atoms with Crippen LogP contribution < -0.4 is 4.90 Å². The molecule has 0 N–H and O–H groups in total. The van der Waals surface area contributed by atoms with Gasteiger partial charge in [-0.05, 0) is 75.1 Å². The van der Waals surface area contributed by atoms with Gasteiger partial charge in [0.2, 0.25) is 0 Å². The summed E-state index contributed by atoms with van der Waals surface area (Å²) in [6.45, 7) is 0. The number of hydrogen-bond donors (Lipinski definition) is 0. The molecule has 0 amide bonds. The van der Waals surface area contributed by atoms with Gasteiger partial charge in [-0.25, -0.2) is 0 Å². The number of rotatable bonds is 4. The van der Waals surface area contributed by atoms with Crippen molar-refractivity contribution in [1.82, 2.24) is 0 Å². The van der Waals surface area contributed by atoms with Gasteiger partial charge in [-0.2, -0.15) is 0 Å². The average Bonchev–Trinajstić information content (AvgIpc) is 3.71. The van der Waals surface area contributed by atoms with Crippen molar-refractivity contribution in [2.24, 2.45) is 0 Å². The van der Waals surface area contributed by atoms with Crippen LogP contribution in [0.5, 0.6) is 0 Å². The summed E-state index contributed by atoms with van der Waals surface area (Å²) in [5, 5.41) is 9.92. The molecule has 0 radical (unpaired) electrons. The van der Waals surface area contributed by atoms with Gasteiger partial charge in [-0.15, -0.1) is 11.3 Å². The molecule has 2 nitrogen and oxygen atoms in total. The second kappa shape index (κ2) is 10.3. The van der Waals surface area contributed by atoms with E-state index in [1.165, 1.54) is 52.8 Å². The van der Waals surface area contributed by atoms with E-state index in [0.29, 0.717) is 0 Å². The minimum atomic E-state index is 0.885. The van der Waals surface area contributed by atoms with E-state index in [2.05, 4.69) is 163 Å². The Morgan fingerprint density at radius 1 is 0.447 bits per heavy atom. The van der Waals surface area contributed by atoms with E-state index in [4.69, 9.17) is 4.42 Å². The molecule has 0 atom stereocenters. The summed E-state index contributed by atoms with van der Waals surface area (Å²) in [5.41, 5.74) is 7.52. The number of furan rings is 1. The summed E-state index contributed by atoms with van der Waals surface area (Å²) < 4.78 is 8.97. The molecular weight excluding hydrogens is 591 g/mol. The zero-order valence-electron chi connectivity index (χ0n) is 25.4. The molecule has 0 fully saturated rings. The number of nitrogens with zero attached hydrogens (tertiary/aromatic N) is 1. The third-order valence-electron chi connectivity index (χ3n) is 9.45. The summed E-state index contributed by atoms with van der Waals surface area (Å²) in [6, 6.07) is 59.0. The lowest BCUT2D eigenvalue weighted by atomic mass is 9.98. The third kappa shape index (κ3) is 4.10. The number of anilines is 3. The van der Waals surface area contributed by atoms with Crippen LogP contribution in [0.4, 0.5) is 17.1 Å². The first-order valence-corrected chi connectivity index (χ1v) is 16.7. The van der Waals surface area contributed by atoms with Crippen LogP contribution >= 0.6 is 11.3 Å². The number of fused-ring (bicyclic) bond motifs is 9. The molecule has 0 unspecified atom stereocenters. The Kier molecular flexibility index (Phi) is 5.78. The van der Waals surface area contributed by atoms with E-state index in [1.54, 1.807) is 0 Å². The van der Waals surface area contributed by atoms with Crippen molar-refractivity contribution >= 4 is 92.1 Å². The Bertz CT molecular complexity index is 2800. The van der Waals surface area contributed by atoms with Gasteiger partial charge in [0.15, 0.2) is 0 Å². The maximum Gasteiger partial charge on any atom is 0.137 e. The van der Waals surface area contributed by atoms with Gasteiger partial charge in [0, 0.05) is 36.9 Å². The first-order valence-electron chi connectivity index (χ1n) is 15.9. The molecule has 8 aromatic carbocycles. The Morgan fingerprint density at radius 3 is 1.98 bits per heavy atom. The Morgan fingerprint density at radius 2 is 1.11 bits per heavy atom. The molecule has 0 aliphatic heterocycles. The molecule has 0 bridgehead atoms. The van der Waals surface area contributed by atoms with Gasteiger partial charge in [0.05, 0.1) is 11.1 Å². The van der Waals surface area contributed by atoms with Crippen molar-refractivity contribution < 1.29 is 4.42 Å². The molecule has 3 heteroatoms. The van der Waals surface area contributed by atoms with E-state index in [9.17, 15) is 0 Å². The Hall–Kier alpha value is -5.90. The van der Waals surface area contributed by atoms with Gasteiger partial charge in [0.25, 0.3) is 0 Å². The Labute approximate surface area is 275 Å². The monoisotopic (exact) mass is 617 g/mol. The van der Waals surface area contributed by atoms with Crippen LogP contribution in [0.2, 0.25) is 0 Å². The number of para-hydroxylation sites is 1. The lowest BCUT2D eigenvalue weighted by Crippen LogP contribution is -2.10. The standard InChI is InChI=1S/C44H27NOS/c1-3-12-33-28(9-1)11-7-15-34(33)30-19-22-31(23-20-30)45(39-16-8-18-41-43(39)38-14-5-6-17-40(38)46-41)32-24-26-36-37-25-21-29-10-2-4-13-35(29)44(37)47-42(36)27-32/h1-27H. The highest BCUT2D eigenvalue weighted by Crippen LogP contribution is 2.46. The van der Waals surface area contributed by atoms with Crippen LogP contribution in [0.1, 0.15) is 0 Å². The van der Waals surface area contributed by atoms with Crippen LogP contribution in [0.3, 0.4) is 0 Å². The number of hydrogen-bond acceptors (Lipinski definition) is 3. The van der Waals surface area contributed by atoms with E-state index in [1.807, 2.05) is 17.4 Å². The van der Waals surface area contributed by atoms with Crippen LogP contribution in [0.25, 0.3) is 74.8 Å². The fraction of sp³-hybridized carbons (Fsp3) is 0. The maximum absolute atomic E-state index is 6.36. The van der Waals surface area contributed by atoms with Crippen molar-refractivity contribution in [3.8, 4) is 11.1 Å². The molecule has 0 saturated carbocycles. The smallest absolute Gasteiger partial charge is 0.137 e. The molecule has 10 rings (SSSR count). The molecule has 0 aliphatic rings. The predicted octanol–water partition coefficient (Wildman–Crippen LogP) is 13.4. The molecule has 10 aromatic rings. The average molecular weight is 618 g/mol. The molecule has 47 heavy (non-hydrogen) atoms. The van der Waals surface area contributed by atoms with Gasteiger partial charge in [-0.3, -0.25) is 0 Å². The first-order chi connectivity index (χ1) is 23.3. The van der Waals surface area contributed by atoms with Crippen LogP contribution in [0.15, 0.2) is 168 Å². The van der Waals surface area contributed by atoms with Crippen molar-refractivity contribution in [1.29, 1.82) is 0 Å². The Balaban J connectivity index is 1.20. The fourth-order valence-electron chi connectivity index (χ4n) is 7.27. The normalized spacial score (nSPS) is 11.8. The molecule has 220 valence electrons. The van der Waals surface area contributed by atoms with E-state index in [-0.39, 0.29) is 0 Å². The van der Waals surface area contributed by atoms with Gasteiger partial charge in [0.1, 0.15) is 11.2 Å². The highest BCUT2D eigenvalue weighted by Gasteiger charge is 2.20. The van der Waals surface area contributed by atoms with Gasteiger partial charge >= 0.3 is 0 Å². The van der Waals surface area contributed by atoms with E-state index < -0.39 is 0 Å². The van der Waals surface area contributed by atoms with Crippen molar-refractivity contribution in [3.05, 3.63) is 164 Å².